The van der Waals surface area contributed by atoms with Crippen LogP contribution in [0.5, 0.6) is 0 Å². The van der Waals surface area contributed by atoms with E-state index in [1.54, 1.807) is 27.7 Å². The third-order valence-corrected chi connectivity index (χ3v) is 6.11. The van der Waals surface area contributed by atoms with E-state index in [0.717, 1.165) is 11.1 Å². The largest absolute Gasteiger partial charge is 0.465 e. The summed E-state index contributed by atoms with van der Waals surface area (Å²) in [7, 11) is 0. The van der Waals surface area contributed by atoms with Crippen molar-refractivity contribution in [2.45, 2.75) is 92.2 Å². The van der Waals surface area contributed by atoms with E-state index in [1.807, 2.05) is 52.0 Å². The Labute approximate surface area is 244 Å². The second-order valence-electron chi connectivity index (χ2n) is 12.1. The molecule has 0 saturated carbocycles. The first-order valence-corrected chi connectivity index (χ1v) is 14.0. The van der Waals surface area contributed by atoms with E-state index < -0.39 is 34.6 Å². The molecule has 0 atom stereocenters. The van der Waals surface area contributed by atoms with Crippen molar-refractivity contribution in [3.63, 3.8) is 0 Å². The van der Waals surface area contributed by atoms with Gasteiger partial charge >= 0.3 is 24.1 Å². The normalized spacial score (nSPS) is 11.7. The molecule has 1 aromatic carbocycles. The molecule has 0 aliphatic rings. The van der Waals surface area contributed by atoms with Crippen LogP contribution in [0.4, 0.5) is 9.59 Å². The van der Waals surface area contributed by atoms with Gasteiger partial charge in [0.05, 0.1) is 42.9 Å². The predicted molar refractivity (Wildman–Crippen MR) is 156 cm³/mol. The van der Waals surface area contributed by atoms with E-state index in [1.165, 1.54) is 0 Å². The predicted octanol–water partition coefficient (Wildman–Crippen LogP) is 5.88. The zero-order valence-corrected chi connectivity index (χ0v) is 25.9. The number of amides is 2. The van der Waals surface area contributed by atoms with Crippen LogP contribution in [0.15, 0.2) is 36.4 Å². The molecule has 41 heavy (non-hydrogen) atoms. The fourth-order valence-corrected chi connectivity index (χ4v) is 3.43. The average Bonchev–Trinajstić information content (AvgIpc) is 2.86. The Hall–Kier alpha value is -3.56. The molecule has 2 amide bonds. The number of alkyl carbamates (subject to hydrolysis) is 2. The second-order valence-corrected chi connectivity index (χ2v) is 12.1. The van der Waals surface area contributed by atoms with Crippen LogP contribution >= 0.6 is 0 Å². The van der Waals surface area contributed by atoms with E-state index in [2.05, 4.69) is 17.2 Å². The fraction of sp³-hybridized carbons (Fsp3) is 0.613. The van der Waals surface area contributed by atoms with Gasteiger partial charge in [0.1, 0.15) is 0 Å². The molecule has 0 saturated heterocycles. The van der Waals surface area contributed by atoms with E-state index in [4.69, 9.17) is 18.9 Å². The van der Waals surface area contributed by atoms with Crippen molar-refractivity contribution in [3.8, 4) is 0 Å². The van der Waals surface area contributed by atoms with Crippen LogP contribution in [0.2, 0.25) is 0 Å². The lowest BCUT2D eigenvalue weighted by molar-refractivity contribution is -0.153. The van der Waals surface area contributed by atoms with Crippen LogP contribution in [0.1, 0.15) is 92.2 Å². The number of esters is 2. The second kappa shape index (κ2) is 16.0. The molecule has 230 valence electrons. The SMILES string of the molecule is C=C(C)C(=O)OCCCCOC(=O)NC(C)(C)c1cccc(C(C)(C)NC(=O)OCCCCOC(=O)C(C)(C)C)c1. The lowest BCUT2D eigenvalue weighted by atomic mass is 9.87. The minimum atomic E-state index is -0.753. The zero-order valence-electron chi connectivity index (χ0n) is 25.9. The molecule has 0 spiro atoms. The highest BCUT2D eigenvalue weighted by molar-refractivity contribution is 5.86. The Morgan fingerprint density at radius 1 is 0.683 bits per heavy atom. The van der Waals surface area contributed by atoms with E-state index >= 15 is 0 Å². The number of carbonyl (C=O) groups is 4. The first-order valence-electron chi connectivity index (χ1n) is 14.0. The summed E-state index contributed by atoms with van der Waals surface area (Å²) in [6, 6.07) is 7.56. The average molecular weight is 577 g/mol. The van der Waals surface area contributed by atoms with Crippen molar-refractivity contribution < 1.29 is 38.1 Å². The first kappa shape index (κ1) is 35.5. The molecular formula is C31H48N2O8. The lowest BCUT2D eigenvalue weighted by Crippen LogP contribution is -2.43. The number of hydrogen-bond acceptors (Lipinski definition) is 8. The summed E-state index contributed by atoms with van der Waals surface area (Å²) >= 11 is 0. The molecule has 0 unspecified atom stereocenters. The highest BCUT2D eigenvalue weighted by atomic mass is 16.6. The molecule has 1 aromatic rings. The van der Waals surface area contributed by atoms with Crippen LogP contribution < -0.4 is 10.6 Å². The molecule has 0 fully saturated rings. The first-order chi connectivity index (χ1) is 19.0. The number of benzene rings is 1. The van der Waals surface area contributed by atoms with Gasteiger partial charge in [0.15, 0.2) is 0 Å². The van der Waals surface area contributed by atoms with Crippen LogP contribution in [-0.4, -0.2) is 50.6 Å². The van der Waals surface area contributed by atoms with Gasteiger partial charge in [-0.15, -0.1) is 0 Å². The number of nitrogens with one attached hydrogen (secondary N) is 2. The van der Waals surface area contributed by atoms with E-state index in [-0.39, 0.29) is 32.4 Å². The van der Waals surface area contributed by atoms with Crippen LogP contribution in [-0.2, 0) is 39.6 Å². The molecule has 0 radical (unpaired) electrons. The molecule has 0 aliphatic carbocycles. The van der Waals surface area contributed by atoms with Crippen LogP contribution in [0.3, 0.4) is 0 Å². The summed E-state index contributed by atoms with van der Waals surface area (Å²) in [6.07, 6.45) is 1.16. The number of hydrogen-bond donors (Lipinski definition) is 2. The minimum Gasteiger partial charge on any atom is -0.465 e. The van der Waals surface area contributed by atoms with Gasteiger partial charge in [-0.2, -0.15) is 0 Å². The molecule has 0 bridgehead atoms. The molecule has 10 heteroatoms. The summed E-state index contributed by atoms with van der Waals surface area (Å²) in [5.74, 6) is -0.693. The van der Waals surface area contributed by atoms with Gasteiger partial charge < -0.3 is 29.6 Å². The Bertz CT molecular complexity index is 1060. The number of unbranched alkanes of at least 4 members (excludes halogenated alkanes) is 2. The molecule has 0 heterocycles. The molecule has 0 aromatic heterocycles. The van der Waals surface area contributed by atoms with Gasteiger partial charge in [-0.1, -0.05) is 30.8 Å². The van der Waals surface area contributed by atoms with Crippen molar-refractivity contribution >= 4 is 24.1 Å². The Morgan fingerprint density at radius 3 is 1.46 bits per heavy atom. The maximum absolute atomic E-state index is 12.4. The molecule has 0 aliphatic heterocycles. The molecule has 1 rings (SSSR count). The minimum absolute atomic E-state index is 0.188. The van der Waals surface area contributed by atoms with Crippen LogP contribution in [0.25, 0.3) is 0 Å². The highest BCUT2D eigenvalue weighted by Crippen LogP contribution is 2.27. The third-order valence-electron chi connectivity index (χ3n) is 6.11. The molecule has 2 N–H and O–H groups in total. The smallest absolute Gasteiger partial charge is 0.407 e. The summed E-state index contributed by atoms with van der Waals surface area (Å²) in [6.45, 7) is 18.8. The fourth-order valence-electron chi connectivity index (χ4n) is 3.43. The van der Waals surface area contributed by atoms with Crippen molar-refractivity contribution in [1.82, 2.24) is 10.6 Å². The Kier molecular flexibility index (Phi) is 13.9. The highest BCUT2D eigenvalue weighted by Gasteiger charge is 2.28. The Morgan fingerprint density at radius 2 is 1.07 bits per heavy atom. The van der Waals surface area contributed by atoms with Crippen molar-refractivity contribution in [2.24, 2.45) is 5.41 Å². The quantitative estimate of drug-likeness (QED) is 0.115. The van der Waals surface area contributed by atoms with Gasteiger partial charge in [-0.3, -0.25) is 4.79 Å². The summed E-state index contributed by atoms with van der Waals surface area (Å²) < 4.78 is 20.8. The number of rotatable bonds is 15. The van der Waals surface area contributed by atoms with Gasteiger partial charge in [0.2, 0.25) is 0 Å². The summed E-state index contributed by atoms with van der Waals surface area (Å²) in [5.41, 5.74) is -0.0502. The van der Waals surface area contributed by atoms with Gasteiger partial charge in [-0.05, 0) is 92.2 Å². The number of ether oxygens (including phenoxy) is 4. The summed E-state index contributed by atoms with van der Waals surface area (Å²) in [4.78, 5) is 48.0. The Balaban J connectivity index is 2.52. The van der Waals surface area contributed by atoms with E-state index in [9.17, 15) is 19.2 Å². The molecular weight excluding hydrogens is 528 g/mol. The van der Waals surface area contributed by atoms with E-state index in [0.29, 0.717) is 31.3 Å². The van der Waals surface area contributed by atoms with Crippen LogP contribution in [0, 0.1) is 5.41 Å². The van der Waals surface area contributed by atoms with Gasteiger partial charge in [0, 0.05) is 5.57 Å². The number of carbonyl (C=O) groups excluding carboxylic acids is 4. The topological polar surface area (TPSA) is 129 Å². The maximum Gasteiger partial charge on any atom is 0.407 e. The molecule has 10 nitrogen and oxygen atoms in total. The monoisotopic (exact) mass is 576 g/mol. The van der Waals surface area contributed by atoms with Crippen molar-refractivity contribution in [3.05, 3.63) is 47.5 Å². The lowest BCUT2D eigenvalue weighted by Gasteiger charge is -2.30. The third kappa shape index (κ3) is 13.6. The standard InChI is InChI=1S/C31H48N2O8/c1-22(2)25(34)38-17-10-12-19-40-27(36)32-30(6,7)23-15-14-16-24(21-23)31(8,9)33-28(37)41-20-13-11-18-39-26(35)29(3,4)5/h14-16,21H,1,10-13,17-20H2,2-9H3,(H,32,36)(H,33,37). The zero-order chi connectivity index (χ0) is 31.3. The maximum atomic E-state index is 12.4. The summed E-state index contributed by atoms with van der Waals surface area (Å²) in [5, 5.41) is 5.76. The van der Waals surface area contributed by atoms with Gasteiger partial charge in [-0.25, -0.2) is 14.4 Å². The van der Waals surface area contributed by atoms with Gasteiger partial charge in [0.25, 0.3) is 0 Å². The van der Waals surface area contributed by atoms with Crippen molar-refractivity contribution in [1.29, 1.82) is 0 Å². The van der Waals surface area contributed by atoms with Crippen molar-refractivity contribution in [2.75, 3.05) is 26.4 Å².